The maximum Gasteiger partial charge on any atom is 0.413 e. The molecule has 0 aromatic heterocycles. The zero-order valence-electron chi connectivity index (χ0n) is 8.37. The minimum absolute atomic E-state index is 0.231. The molecule has 0 N–H and O–H groups in total. The van der Waals surface area contributed by atoms with Gasteiger partial charge in [0.15, 0.2) is 6.61 Å². The van der Waals surface area contributed by atoms with Crippen LogP contribution in [0.4, 0.5) is 17.6 Å². The summed E-state index contributed by atoms with van der Waals surface area (Å²) < 4.78 is 66.7. The molecular formula is C9H8F4O3S. The second kappa shape index (κ2) is 6.08. The van der Waals surface area contributed by atoms with Gasteiger partial charge in [0.1, 0.15) is 5.82 Å². The molecule has 0 saturated heterocycles. The average Bonchev–Trinajstić information content (AvgIpc) is 2.25. The normalized spacial score (nSPS) is 13.6. The van der Waals surface area contributed by atoms with Crippen LogP contribution in [0.2, 0.25) is 0 Å². The summed E-state index contributed by atoms with van der Waals surface area (Å²) in [4.78, 5) is 0. The van der Waals surface area contributed by atoms with Gasteiger partial charge in [-0.15, -0.1) is 0 Å². The molecule has 0 bridgehead atoms. The summed E-state index contributed by atoms with van der Waals surface area (Å²) in [6.45, 7) is -1.88. The Morgan fingerprint density at radius 3 is 2.24 bits per heavy atom. The molecule has 0 aliphatic rings. The van der Waals surface area contributed by atoms with Crippen LogP contribution in [0.15, 0.2) is 24.3 Å². The van der Waals surface area contributed by atoms with Crippen molar-refractivity contribution in [2.24, 2.45) is 0 Å². The topological polar surface area (TPSA) is 35.5 Å². The smallest absolute Gasteiger partial charge is 0.264 e. The van der Waals surface area contributed by atoms with Crippen LogP contribution in [0.25, 0.3) is 0 Å². The summed E-state index contributed by atoms with van der Waals surface area (Å²) in [5.74, 6) is -0.455. The van der Waals surface area contributed by atoms with Crippen molar-refractivity contribution in [2.45, 2.75) is 12.8 Å². The molecule has 1 aromatic rings. The van der Waals surface area contributed by atoms with Gasteiger partial charge < -0.3 is 0 Å². The highest BCUT2D eigenvalue weighted by atomic mass is 32.2. The van der Waals surface area contributed by atoms with E-state index in [0.717, 1.165) is 12.1 Å². The summed E-state index contributed by atoms with van der Waals surface area (Å²) in [7, 11) is 0. The van der Waals surface area contributed by atoms with E-state index in [1.54, 1.807) is 0 Å². The third-order valence-electron chi connectivity index (χ3n) is 1.55. The molecule has 0 spiro atoms. The molecule has 0 saturated carbocycles. The molecule has 0 amide bonds. The molecule has 96 valence electrons. The van der Waals surface area contributed by atoms with Crippen LogP contribution in [0.3, 0.4) is 0 Å². The highest BCUT2D eigenvalue weighted by molar-refractivity contribution is 7.75. The van der Waals surface area contributed by atoms with E-state index in [0.29, 0.717) is 5.56 Å². The predicted octanol–water partition coefficient (Wildman–Crippen LogP) is 2.50. The van der Waals surface area contributed by atoms with Gasteiger partial charge in [-0.05, 0) is 17.7 Å². The highest BCUT2D eigenvalue weighted by Gasteiger charge is 2.29. The van der Waals surface area contributed by atoms with Gasteiger partial charge in [-0.1, -0.05) is 12.1 Å². The van der Waals surface area contributed by atoms with Crippen molar-refractivity contribution in [1.82, 2.24) is 0 Å². The van der Waals surface area contributed by atoms with Crippen molar-refractivity contribution in [3.63, 3.8) is 0 Å². The minimum Gasteiger partial charge on any atom is -0.264 e. The summed E-state index contributed by atoms with van der Waals surface area (Å²) in [5, 5.41) is 0. The van der Waals surface area contributed by atoms with Crippen LogP contribution in [0.5, 0.6) is 0 Å². The lowest BCUT2D eigenvalue weighted by Crippen LogP contribution is -2.18. The van der Waals surface area contributed by atoms with Crippen molar-refractivity contribution in [1.29, 1.82) is 0 Å². The van der Waals surface area contributed by atoms with Gasteiger partial charge in [0, 0.05) is 0 Å². The molecule has 1 rings (SSSR count). The van der Waals surface area contributed by atoms with Crippen molar-refractivity contribution in [3.8, 4) is 0 Å². The van der Waals surface area contributed by atoms with E-state index in [4.69, 9.17) is 0 Å². The largest absolute Gasteiger partial charge is 0.413 e. The second-order valence-corrected chi connectivity index (χ2v) is 3.85. The van der Waals surface area contributed by atoms with Gasteiger partial charge in [-0.2, -0.15) is 17.4 Å². The van der Waals surface area contributed by atoms with Gasteiger partial charge in [0.25, 0.3) is 0 Å². The van der Waals surface area contributed by atoms with E-state index in [2.05, 4.69) is 8.37 Å². The molecule has 3 nitrogen and oxygen atoms in total. The standard InChI is InChI=1S/C9H8F4O3S/c10-8-3-1-7(2-4-8)5-15-17(14)16-6-9(11,12)13/h1-4H,5-6H2. The van der Waals surface area contributed by atoms with Crippen LogP contribution in [0, 0.1) is 5.82 Å². The van der Waals surface area contributed by atoms with E-state index in [1.165, 1.54) is 12.1 Å². The van der Waals surface area contributed by atoms with Gasteiger partial charge in [0.05, 0.1) is 6.61 Å². The maximum atomic E-state index is 12.5. The second-order valence-electron chi connectivity index (χ2n) is 2.97. The Kier molecular flexibility index (Phi) is 5.03. The molecule has 0 aliphatic heterocycles. The zero-order valence-corrected chi connectivity index (χ0v) is 9.18. The lowest BCUT2D eigenvalue weighted by Gasteiger charge is -2.06. The van der Waals surface area contributed by atoms with Crippen LogP contribution >= 0.6 is 0 Å². The Morgan fingerprint density at radius 1 is 1.12 bits per heavy atom. The average molecular weight is 272 g/mol. The Morgan fingerprint density at radius 2 is 1.71 bits per heavy atom. The predicted molar refractivity (Wildman–Crippen MR) is 51.3 cm³/mol. The van der Waals surface area contributed by atoms with Gasteiger partial charge in [-0.25, -0.2) is 4.39 Å². The third kappa shape index (κ3) is 6.35. The highest BCUT2D eigenvalue weighted by Crippen LogP contribution is 2.15. The zero-order chi connectivity index (χ0) is 12.9. The summed E-state index contributed by atoms with van der Waals surface area (Å²) in [5.41, 5.74) is 0.468. The Labute approximate surface area is 97.2 Å². The lowest BCUT2D eigenvalue weighted by atomic mass is 10.2. The van der Waals surface area contributed by atoms with E-state index >= 15 is 0 Å². The van der Waals surface area contributed by atoms with Crippen LogP contribution < -0.4 is 0 Å². The fourth-order valence-electron chi connectivity index (χ4n) is 0.846. The first-order chi connectivity index (χ1) is 7.87. The number of halogens is 4. The molecule has 1 aromatic carbocycles. The monoisotopic (exact) mass is 272 g/mol. The Bertz CT molecular complexity index is 377. The molecule has 1 unspecified atom stereocenters. The Balaban J connectivity index is 2.31. The molecule has 0 fully saturated rings. The molecule has 0 heterocycles. The molecule has 0 radical (unpaired) electrons. The lowest BCUT2D eigenvalue weighted by molar-refractivity contribution is -0.153. The van der Waals surface area contributed by atoms with Gasteiger partial charge in [-0.3, -0.25) is 8.37 Å². The number of alkyl halides is 3. The Hall–Kier alpha value is -0.990. The maximum absolute atomic E-state index is 12.5. The first kappa shape index (κ1) is 14.1. The van der Waals surface area contributed by atoms with Crippen molar-refractivity contribution in [2.75, 3.05) is 6.61 Å². The van der Waals surface area contributed by atoms with E-state index in [9.17, 15) is 21.8 Å². The summed E-state index contributed by atoms with van der Waals surface area (Å²) in [6.07, 6.45) is -4.56. The van der Waals surface area contributed by atoms with Gasteiger partial charge >= 0.3 is 17.5 Å². The molecular weight excluding hydrogens is 264 g/mol. The van der Waals surface area contributed by atoms with E-state index in [1.807, 2.05) is 0 Å². The van der Waals surface area contributed by atoms with Crippen LogP contribution in [-0.2, 0) is 26.3 Å². The minimum atomic E-state index is -4.56. The van der Waals surface area contributed by atoms with Crippen LogP contribution in [-0.4, -0.2) is 17.0 Å². The summed E-state index contributed by atoms with van der Waals surface area (Å²) in [6, 6.07) is 5.02. The van der Waals surface area contributed by atoms with Crippen LogP contribution in [0.1, 0.15) is 5.56 Å². The fourth-order valence-corrected chi connectivity index (χ4v) is 1.38. The molecule has 1 atom stereocenters. The van der Waals surface area contributed by atoms with Crippen molar-refractivity contribution < 1.29 is 30.1 Å². The van der Waals surface area contributed by atoms with Gasteiger partial charge in [0.2, 0.25) is 0 Å². The van der Waals surface area contributed by atoms with Crippen molar-refractivity contribution >= 4 is 11.4 Å². The number of hydrogen-bond donors (Lipinski definition) is 0. The SMILES string of the molecule is O=S(OCc1ccc(F)cc1)OCC(F)(F)F. The quantitative estimate of drug-likeness (QED) is 0.772. The first-order valence-corrected chi connectivity index (χ1v) is 5.36. The third-order valence-corrected chi connectivity index (χ3v) is 2.17. The van der Waals surface area contributed by atoms with E-state index in [-0.39, 0.29) is 6.61 Å². The molecule has 17 heavy (non-hydrogen) atoms. The number of benzene rings is 1. The fraction of sp³-hybridized carbons (Fsp3) is 0.333. The summed E-state index contributed by atoms with van der Waals surface area (Å²) >= 11 is -2.49. The van der Waals surface area contributed by atoms with Crippen molar-refractivity contribution in [3.05, 3.63) is 35.6 Å². The molecule has 8 heteroatoms. The number of rotatable bonds is 5. The number of hydrogen-bond acceptors (Lipinski definition) is 3. The van der Waals surface area contributed by atoms with E-state index < -0.39 is 30.0 Å². The molecule has 0 aliphatic carbocycles. The first-order valence-electron chi connectivity index (χ1n) is 4.36.